The molecule has 0 unspecified atom stereocenters. The Morgan fingerprint density at radius 3 is 2.44 bits per heavy atom. The van der Waals surface area contributed by atoms with E-state index in [4.69, 9.17) is 9.15 Å². The number of carbonyl (C=O) groups is 1. The molecule has 0 spiro atoms. The van der Waals surface area contributed by atoms with Crippen LogP contribution in [0, 0.1) is 14.3 Å². The maximum atomic E-state index is 13.0. The van der Waals surface area contributed by atoms with E-state index in [1.807, 2.05) is 109 Å². The van der Waals surface area contributed by atoms with Gasteiger partial charge in [0.25, 0.3) is 0 Å². The average Bonchev–Trinajstić information content (AvgIpc) is 2.80. The summed E-state index contributed by atoms with van der Waals surface area (Å²) in [5.41, 5.74) is 2.80. The van der Waals surface area contributed by atoms with Crippen LogP contribution >= 0.6 is 90.4 Å². The molecule has 2 aromatic rings. The molecule has 0 saturated carbocycles. The van der Waals surface area contributed by atoms with Crippen molar-refractivity contribution < 1.29 is 48.6 Å². The van der Waals surface area contributed by atoms with Gasteiger partial charge in [0, 0.05) is 23.7 Å². The van der Waals surface area contributed by atoms with Gasteiger partial charge < -0.3 is 14.3 Å². The third kappa shape index (κ3) is 5.44. The van der Waals surface area contributed by atoms with E-state index in [9.17, 15) is 14.7 Å². The van der Waals surface area contributed by atoms with E-state index in [1.165, 1.54) is 0 Å². The molecule has 0 bridgehead atoms. The number of halogens is 4. The molecule has 34 heavy (non-hydrogen) atoms. The number of unbranched alkanes of at least 4 members (excludes halogenated alkanes) is 1. The minimum Gasteiger partial charge on any atom is -0.871 e. The third-order valence-corrected chi connectivity index (χ3v) is 8.71. The van der Waals surface area contributed by atoms with Crippen molar-refractivity contribution in [3.05, 3.63) is 66.5 Å². The largest absolute Gasteiger partial charge is 1.00 e. The molecule has 4 rings (SSSR count). The molecule has 170 valence electrons. The zero-order valence-corrected chi connectivity index (χ0v) is 28.8. The van der Waals surface area contributed by atoms with Crippen molar-refractivity contribution in [3.8, 4) is 28.2 Å². The van der Waals surface area contributed by atoms with Gasteiger partial charge in [-0.05, 0) is 121 Å². The Labute approximate surface area is 273 Å². The second-order valence-corrected chi connectivity index (χ2v) is 11.8. The van der Waals surface area contributed by atoms with E-state index in [1.54, 1.807) is 24.3 Å². The average molecular weight is 914 g/mol. The standard InChI is InChI=1S/C24H16I4O5.Na/c1-2-3-8-32-24(31)12-7-5-4-6-11(12)17-13-9-15(25)20(29)18(27)22(13)33-23-14(17)10-16(26)21(30)19(23)28;/h4-7,9-10,29H,2-3,8H2,1H3;/q;+1/p-1. The molecule has 1 heterocycles. The van der Waals surface area contributed by atoms with E-state index in [2.05, 4.69) is 0 Å². The smallest absolute Gasteiger partial charge is 0.871 e. The second-order valence-electron chi connectivity index (χ2n) is 7.27. The summed E-state index contributed by atoms with van der Waals surface area (Å²) >= 11 is 8.00. The summed E-state index contributed by atoms with van der Waals surface area (Å²) in [4.78, 5) is 25.7. The van der Waals surface area contributed by atoms with Gasteiger partial charge in [-0.25, -0.2) is 4.79 Å². The second kappa shape index (κ2) is 12.2. The van der Waals surface area contributed by atoms with Crippen LogP contribution in [-0.2, 0) is 4.74 Å². The number of fused-ring (bicyclic) bond motifs is 2. The first kappa shape index (κ1) is 28.9. The van der Waals surface area contributed by atoms with Gasteiger partial charge in [-0.1, -0.05) is 37.3 Å². The van der Waals surface area contributed by atoms with Gasteiger partial charge in [0.1, 0.15) is 9.15 Å². The Balaban J connectivity index is 0.00000324. The molecule has 10 heteroatoms. The number of esters is 1. The zero-order valence-electron chi connectivity index (χ0n) is 18.1. The Bertz CT molecular complexity index is 1430. The van der Waals surface area contributed by atoms with Crippen molar-refractivity contribution in [2.45, 2.75) is 19.8 Å². The summed E-state index contributed by atoms with van der Waals surface area (Å²) in [5.74, 6) is -0.139. The molecule has 0 aromatic heterocycles. The zero-order chi connectivity index (χ0) is 23.9. The van der Waals surface area contributed by atoms with E-state index in [0.29, 0.717) is 54.3 Å². The third-order valence-electron chi connectivity index (χ3n) is 5.15. The first-order valence-electron chi connectivity index (χ1n) is 9.96. The van der Waals surface area contributed by atoms with Crippen LogP contribution in [0.1, 0.15) is 30.1 Å². The van der Waals surface area contributed by atoms with Crippen LogP contribution < -0.4 is 40.1 Å². The predicted molar refractivity (Wildman–Crippen MR) is 160 cm³/mol. The molecule has 1 aliphatic heterocycles. The van der Waals surface area contributed by atoms with Crippen LogP contribution in [0.4, 0.5) is 0 Å². The molecular weight excluding hydrogens is 899 g/mol. The molecular formula is C24H15I4NaO5. The molecule has 0 atom stereocenters. The van der Waals surface area contributed by atoms with Gasteiger partial charge in [0.2, 0.25) is 5.43 Å². The monoisotopic (exact) mass is 914 g/mol. The maximum Gasteiger partial charge on any atom is 1.00 e. The van der Waals surface area contributed by atoms with Crippen molar-refractivity contribution >= 4 is 107 Å². The fraction of sp³-hybridized carbons (Fsp3) is 0.167. The quantitative estimate of drug-likeness (QED) is 0.0996. The van der Waals surface area contributed by atoms with Gasteiger partial charge in [-0.15, -0.1) is 0 Å². The molecule has 1 aliphatic carbocycles. The number of hydrogen-bond acceptors (Lipinski definition) is 5. The Hall–Kier alpha value is 0.320. The van der Waals surface area contributed by atoms with E-state index in [0.717, 1.165) is 18.4 Å². The molecule has 0 radical (unpaired) electrons. The van der Waals surface area contributed by atoms with Gasteiger partial charge >= 0.3 is 35.5 Å². The fourth-order valence-electron chi connectivity index (χ4n) is 3.54. The maximum absolute atomic E-state index is 13.0. The molecule has 2 aliphatic rings. The molecule has 0 amide bonds. The molecule has 0 fully saturated rings. The van der Waals surface area contributed by atoms with Gasteiger partial charge in [-0.2, -0.15) is 0 Å². The Kier molecular flexibility index (Phi) is 10.4. The number of ether oxygens (including phenoxy) is 1. The number of rotatable bonds is 5. The molecule has 0 saturated heterocycles. The van der Waals surface area contributed by atoms with Crippen LogP contribution in [0.15, 0.2) is 45.6 Å². The summed E-state index contributed by atoms with van der Waals surface area (Å²) in [6.45, 7) is 2.38. The Morgan fingerprint density at radius 1 is 1.03 bits per heavy atom. The summed E-state index contributed by atoms with van der Waals surface area (Å²) < 4.78 is 13.7. The predicted octanol–water partition coefficient (Wildman–Crippen LogP) is 4.02. The summed E-state index contributed by atoms with van der Waals surface area (Å²) in [7, 11) is 0. The van der Waals surface area contributed by atoms with Crippen LogP contribution in [0.2, 0.25) is 0 Å². The van der Waals surface area contributed by atoms with Crippen molar-refractivity contribution in [1.29, 1.82) is 0 Å². The van der Waals surface area contributed by atoms with Gasteiger partial charge in [0.05, 0.1) is 15.7 Å². The van der Waals surface area contributed by atoms with Crippen molar-refractivity contribution in [2.24, 2.45) is 0 Å². The summed E-state index contributed by atoms with van der Waals surface area (Å²) in [5, 5.41) is 13.4. The number of carbonyl (C=O) groups excluding carboxylic acids is 1. The van der Waals surface area contributed by atoms with Crippen molar-refractivity contribution in [3.63, 3.8) is 0 Å². The number of hydrogen-bond donors (Lipinski definition) is 0. The molecule has 0 N–H and O–H groups in total. The van der Waals surface area contributed by atoms with Crippen molar-refractivity contribution in [1.82, 2.24) is 0 Å². The topological polar surface area (TPSA) is 79.6 Å². The molecule has 5 nitrogen and oxygen atoms in total. The van der Waals surface area contributed by atoms with E-state index in [-0.39, 0.29) is 40.7 Å². The number of benzene rings is 3. The first-order valence-corrected chi connectivity index (χ1v) is 14.3. The fourth-order valence-corrected chi connectivity index (χ4v) is 7.12. The summed E-state index contributed by atoms with van der Waals surface area (Å²) in [6, 6.07) is 10.8. The normalized spacial score (nSPS) is 11.0. The first-order chi connectivity index (χ1) is 15.8. The minimum absolute atomic E-state index is 0. The van der Waals surface area contributed by atoms with E-state index >= 15 is 0 Å². The Morgan fingerprint density at radius 2 is 1.74 bits per heavy atom. The SMILES string of the molecule is CCCCOC(=O)c1ccccc1-c1c2cc(I)c(=O)c(I)c-2oc2c(I)c([O-])c(I)cc12.[Na+]. The van der Waals surface area contributed by atoms with E-state index < -0.39 is 5.97 Å². The van der Waals surface area contributed by atoms with Crippen LogP contribution in [0.5, 0.6) is 5.75 Å². The van der Waals surface area contributed by atoms with Crippen LogP contribution in [0.3, 0.4) is 0 Å². The van der Waals surface area contributed by atoms with Crippen LogP contribution in [0.25, 0.3) is 33.4 Å². The minimum atomic E-state index is -0.407. The van der Waals surface area contributed by atoms with Crippen LogP contribution in [-0.4, -0.2) is 12.6 Å². The molecule has 2 aromatic carbocycles. The van der Waals surface area contributed by atoms with Crippen molar-refractivity contribution in [2.75, 3.05) is 6.61 Å². The van der Waals surface area contributed by atoms with Gasteiger partial charge in [0.15, 0.2) is 5.76 Å². The van der Waals surface area contributed by atoms with Gasteiger partial charge in [-0.3, -0.25) is 4.79 Å². The summed E-state index contributed by atoms with van der Waals surface area (Å²) in [6.07, 6.45) is 1.71.